The van der Waals surface area contributed by atoms with Gasteiger partial charge in [-0.1, -0.05) is 31.2 Å². The van der Waals surface area contributed by atoms with E-state index in [4.69, 9.17) is 0 Å². The molecule has 4 rings (SSSR count). The van der Waals surface area contributed by atoms with Crippen molar-refractivity contribution in [2.75, 3.05) is 13.1 Å². The lowest BCUT2D eigenvalue weighted by molar-refractivity contribution is 0.0716. The molecule has 0 atom stereocenters. The van der Waals surface area contributed by atoms with Crippen LogP contribution in [0.2, 0.25) is 0 Å². The van der Waals surface area contributed by atoms with Gasteiger partial charge >= 0.3 is 0 Å². The van der Waals surface area contributed by atoms with E-state index < -0.39 is 0 Å². The normalized spacial score (nSPS) is 15.8. The van der Waals surface area contributed by atoms with Crippen LogP contribution in [0, 0.1) is 0 Å². The number of amides is 2. The van der Waals surface area contributed by atoms with Crippen LogP contribution in [0.1, 0.15) is 64.1 Å². The Morgan fingerprint density at radius 2 is 1.93 bits per heavy atom. The molecule has 2 aromatic rings. The molecule has 2 amide bonds. The minimum Gasteiger partial charge on any atom is -0.351 e. The number of nitrogens with zero attached hydrogens (tertiary/aromatic N) is 3. The Labute approximate surface area is 159 Å². The van der Waals surface area contributed by atoms with Crippen LogP contribution in [0.3, 0.4) is 0 Å². The third-order valence-electron chi connectivity index (χ3n) is 5.48. The van der Waals surface area contributed by atoms with E-state index >= 15 is 0 Å². The summed E-state index contributed by atoms with van der Waals surface area (Å²) in [7, 11) is 0. The van der Waals surface area contributed by atoms with Crippen molar-refractivity contribution in [2.45, 2.75) is 52.1 Å². The summed E-state index contributed by atoms with van der Waals surface area (Å²) in [5.74, 6) is 0.193. The van der Waals surface area contributed by atoms with Crippen LogP contribution in [0.5, 0.6) is 0 Å². The van der Waals surface area contributed by atoms with Gasteiger partial charge in [0.1, 0.15) is 5.69 Å². The number of aromatic nitrogens is 2. The van der Waals surface area contributed by atoms with Crippen molar-refractivity contribution in [1.29, 1.82) is 0 Å². The molecule has 142 valence electrons. The van der Waals surface area contributed by atoms with Gasteiger partial charge < -0.3 is 14.8 Å². The van der Waals surface area contributed by atoms with E-state index in [1.54, 1.807) is 0 Å². The average molecular weight is 366 g/mol. The zero-order chi connectivity index (χ0) is 18.8. The highest BCUT2D eigenvalue weighted by atomic mass is 16.2. The van der Waals surface area contributed by atoms with Crippen molar-refractivity contribution in [3.8, 4) is 0 Å². The molecule has 27 heavy (non-hydrogen) atoms. The minimum absolute atomic E-state index is 0.0674. The molecule has 2 aliphatic heterocycles. The molecule has 0 radical (unpaired) electrons. The second-order valence-corrected chi connectivity index (χ2v) is 7.34. The van der Waals surface area contributed by atoms with Gasteiger partial charge in [0.05, 0.1) is 5.69 Å². The molecule has 1 aromatic heterocycles. The SMILES string of the molecule is CCCNC(=O)c1nc(C(=O)N2CCc3ccccc3C2)n2c1CCCC2. The summed E-state index contributed by atoms with van der Waals surface area (Å²) in [6.07, 6.45) is 4.59. The highest BCUT2D eigenvalue weighted by molar-refractivity contribution is 5.97. The van der Waals surface area contributed by atoms with Crippen LogP contribution >= 0.6 is 0 Å². The van der Waals surface area contributed by atoms with Gasteiger partial charge in [-0.05, 0) is 43.2 Å². The monoisotopic (exact) mass is 366 g/mol. The molecule has 0 spiro atoms. The second-order valence-electron chi connectivity index (χ2n) is 7.34. The third-order valence-corrected chi connectivity index (χ3v) is 5.48. The summed E-state index contributed by atoms with van der Waals surface area (Å²) in [6.45, 7) is 4.70. The Morgan fingerprint density at radius 3 is 2.74 bits per heavy atom. The number of carbonyl (C=O) groups excluding carboxylic acids is 2. The number of nitrogens with one attached hydrogen (secondary N) is 1. The molecular formula is C21H26N4O2. The van der Waals surface area contributed by atoms with Crippen LogP contribution in [0.25, 0.3) is 0 Å². The number of benzene rings is 1. The summed E-state index contributed by atoms with van der Waals surface area (Å²) in [6, 6.07) is 8.27. The van der Waals surface area contributed by atoms with Gasteiger partial charge in [0.25, 0.3) is 11.8 Å². The van der Waals surface area contributed by atoms with Crippen LogP contribution in [0.15, 0.2) is 24.3 Å². The summed E-state index contributed by atoms with van der Waals surface area (Å²) in [5.41, 5.74) is 3.86. The van der Waals surface area contributed by atoms with E-state index in [1.807, 2.05) is 28.5 Å². The highest BCUT2D eigenvalue weighted by Gasteiger charge is 2.31. The smallest absolute Gasteiger partial charge is 0.290 e. The number of hydrogen-bond donors (Lipinski definition) is 1. The molecule has 6 nitrogen and oxygen atoms in total. The first-order valence-corrected chi connectivity index (χ1v) is 9.92. The standard InChI is InChI=1S/C21H26N4O2/c1-2-11-22-20(26)18-17-9-5-6-12-25(17)19(23-18)21(27)24-13-10-15-7-3-4-8-16(15)14-24/h3-4,7-8H,2,5-6,9-14H2,1H3,(H,22,26). The number of fused-ring (bicyclic) bond motifs is 2. The Balaban J connectivity index is 1.62. The molecule has 0 aliphatic carbocycles. The molecule has 0 saturated carbocycles. The van der Waals surface area contributed by atoms with Gasteiger partial charge in [-0.3, -0.25) is 9.59 Å². The van der Waals surface area contributed by atoms with Gasteiger partial charge in [-0.25, -0.2) is 4.98 Å². The lowest BCUT2D eigenvalue weighted by atomic mass is 10.00. The number of carbonyl (C=O) groups is 2. The Bertz CT molecular complexity index is 871. The van der Waals surface area contributed by atoms with Gasteiger partial charge in [0.15, 0.2) is 5.82 Å². The molecule has 0 saturated heterocycles. The minimum atomic E-state index is -0.162. The molecule has 6 heteroatoms. The highest BCUT2D eigenvalue weighted by Crippen LogP contribution is 2.24. The van der Waals surface area contributed by atoms with Crippen molar-refractivity contribution in [1.82, 2.24) is 19.8 Å². The van der Waals surface area contributed by atoms with Gasteiger partial charge in [-0.2, -0.15) is 0 Å². The maximum absolute atomic E-state index is 13.2. The van der Waals surface area contributed by atoms with E-state index in [1.165, 1.54) is 11.1 Å². The molecular weight excluding hydrogens is 340 g/mol. The van der Waals surface area contributed by atoms with Crippen LogP contribution < -0.4 is 5.32 Å². The fraction of sp³-hybridized carbons (Fsp3) is 0.476. The largest absolute Gasteiger partial charge is 0.351 e. The van der Waals surface area contributed by atoms with E-state index in [0.717, 1.165) is 44.3 Å². The van der Waals surface area contributed by atoms with Crippen LogP contribution in [0.4, 0.5) is 0 Å². The zero-order valence-electron chi connectivity index (χ0n) is 15.8. The number of rotatable bonds is 4. The van der Waals surface area contributed by atoms with Gasteiger partial charge in [0.2, 0.25) is 0 Å². The summed E-state index contributed by atoms with van der Waals surface area (Å²) < 4.78 is 1.98. The van der Waals surface area contributed by atoms with E-state index in [9.17, 15) is 9.59 Å². The summed E-state index contributed by atoms with van der Waals surface area (Å²) in [5, 5.41) is 2.90. The fourth-order valence-corrected chi connectivity index (χ4v) is 4.02. The molecule has 1 aromatic carbocycles. The fourth-order valence-electron chi connectivity index (χ4n) is 4.02. The van der Waals surface area contributed by atoms with Crippen molar-refractivity contribution < 1.29 is 9.59 Å². The second kappa shape index (κ2) is 7.55. The van der Waals surface area contributed by atoms with Crippen LogP contribution in [-0.2, 0) is 25.9 Å². The average Bonchev–Trinajstić information content (AvgIpc) is 3.11. The first-order chi connectivity index (χ1) is 13.2. The summed E-state index contributed by atoms with van der Waals surface area (Å²) in [4.78, 5) is 32.2. The quantitative estimate of drug-likeness (QED) is 0.904. The predicted octanol–water partition coefficient (Wildman–Crippen LogP) is 2.56. The van der Waals surface area contributed by atoms with E-state index in [0.29, 0.717) is 31.2 Å². The third kappa shape index (κ3) is 3.36. The number of imidazole rings is 1. The Kier molecular flexibility index (Phi) is 4.97. The van der Waals surface area contributed by atoms with Crippen molar-refractivity contribution in [2.24, 2.45) is 0 Å². The first-order valence-electron chi connectivity index (χ1n) is 9.92. The van der Waals surface area contributed by atoms with Crippen LogP contribution in [-0.4, -0.2) is 39.4 Å². The maximum atomic E-state index is 13.2. The Morgan fingerprint density at radius 1 is 1.11 bits per heavy atom. The summed E-state index contributed by atoms with van der Waals surface area (Å²) >= 11 is 0. The van der Waals surface area contributed by atoms with Crippen molar-refractivity contribution in [3.63, 3.8) is 0 Å². The number of hydrogen-bond acceptors (Lipinski definition) is 3. The van der Waals surface area contributed by atoms with Gasteiger partial charge in [0, 0.05) is 26.2 Å². The van der Waals surface area contributed by atoms with Crippen molar-refractivity contribution >= 4 is 11.8 Å². The molecule has 1 N–H and O–H groups in total. The van der Waals surface area contributed by atoms with Gasteiger partial charge in [-0.15, -0.1) is 0 Å². The lowest BCUT2D eigenvalue weighted by Crippen LogP contribution is -2.37. The topological polar surface area (TPSA) is 67.2 Å². The van der Waals surface area contributed by atoms with E-state index in [-0.39, 0.29) is 11.8 Å². The molecule has 0 bridgehead atoms. The Hall–Kier alpha value is -2.63. The predicted molar refractivity (Wildman–Crippen MR) is 103 cm³/mol. The molecule has 3 heterocycles. The first kappa shape index (κ1) is 17.8. The molecule has 0 fully saturated rings. The lowest BCUT2D eigenvalue weighted by Gasteiger charge is -2.29. The molecule has 2 aliphatic rings. The maximum Gasteiger partial charge on any atom is 0.290 e. The zero-order valence-corrected chi connectivity index (χ0v) is 15.8. The molecule has 0 unspecified atom stereocenters. The van der Waals surface area contributed by atoms with E-state index in [2.05, 4.69) is 22.4 Å². The van der Waals surface area contributed by atoms with Crippen molar-refractivity contribution in [3.05, 3.63) is 52.6 Å².